The molecule has 1 aliphatic heterocycles. The van der Waals surface area contributed by atoms with Crippen molar-refractivity contribution in [3.05, 3.63) is 93.8 Å². The Hall–Kier alpha value is -3.37. The maximum atomic E-state index is 14.4. The number of carbonyl (C=O) groups is 1. The zero-order chi connectivity index (χ0) is 27.8. The second-order valence-corrected chi connectivity index (χ2v) is 11.3. The zero-order valence-corrected chi connectivity index (χ0v) is 21.5. The molecule has 4 rings (SSSR count). The fraction of sp³-hybridized carbons (Fsp3) is 0.222. The molecule has 1 unspecified atom stereocenters. The third-order valence-corrected chi connectivity index (χ3v) is 8.35. The van der Waals surface area contributed by atoms with E-state index >= 15 is 0 Å². The Kier molecular flexibility index (Phi) is 7.58. The van der Waals surface area contributed by atoms with E-state index in [1.54, 1.807) is 31.2 Å². The van der Waals surface area contributed by atoms with Crippen LogP contribution < -0.4 is 4.31 Å². The van der Waals surface area contributed by atoms with Gasteiger partial charge in [0, 0.05) is 12.1 Å². The summed E-state index contributed by atoms with van der Waals surface area (Å²) in [4.78, 5) is 10.9. The van der Waals surface area contributed by atoms with Gasteiger partial charge in [0.2, 0.25) is 0 Å². The lowest BCUT2D eigenvalue weighted by molar-refractivity contribution is -0.138. The van der Waals surface area contributed by atoms with Gasteiger partial charge in [-0.05, 0) is 78.4 Å². The van der Waals surface area contributed by atoms with Gasteiger partial charge >= 0.3 is 12.1 Å². The average Bonchev–Trinajstić information content (AvgIpc) is 2.82. The molecule has 0 fully saturated rings. The molecule has 1 N–H and O–H groups in total. The molecule has 0 spiro atoms. The van der Waals surface area contributed by atoms with Gasteiger partial charge in [-0.1, -0.05) is 35.9 Å². The largest absolute Gasteiger partial charge is 0.481 e. The molecular weight excluding hydrogens is 546 g/mol. The number of carboxylic acid groups (broad SMARTS) is 1. The molecule has 0 bridgehead atoms. The number of hydrogen-bond acceptors (Lipinski definition) is 3. The van der Waals surface area contributed by atoms with Crippen LogP contribution in [0.4, 0.5) is 23.2 Å². The summed E-state index contributed by atoms with van der Waals surface area (Å²) in [5.74, 6) is -2.26. The monoisotopic (exact) mass is 567 g/mol. The first-order valence-corrected chi connectivity index (χ1v) is 13.3. The minimum atomic E-state index is -4.74. The van der Waals surface area contributed by atoms with Crippen molar-refractivity contribution in [2.24, 2.45) is 5.92 Å². The highest BCUT2D eigenvalue weighted by molar-refractivity contribution is 7.92. The molecule has 38 heavy (non-hydrogen) atoms. The molecule has 0 amide bonds. The van der Waals surface area contributed by atoms with Crippen molar-refractivity contribution in [3.63, 3.8) is 0 Å². The average molecular weight is 568 g/mol. The van der Waals surface area contributed by atoms with Crippen LogP contribution in [0.1, 0.15) is 35.6 Å². The van der Waals surface area contributed by atoms with Crippen LogP contribution >= 0.6 is 11.6 Å². The highest BCUT2D eigenvalue weighted by Crippen LogP contribution is 2.38. The molecule has 5 nitrogen and oxygen atoms in total. The Morgan fingerprint density at radius 2 is 1.84 bits per heavy atom. The Morgan fingerprint density at radius 3 is 2.50 bits per heavy atom. The van der Waals surface area contributed by atoms with E-state index in [0.717, 1.165) is 22.5 Å². The summed E-state index contributed by atoms with van der Waals surface area (Å²) in [5, 5.41) is 9.57. The predicted octanol–water partition coefficient (Wildman–Crippen LogP) is 6.90. The number of allylic oxidation sites excluding steroid dienone is 1. The number of anilines is 1. The number of nitrogens with zero attached hydrogens (tertiary/aromatic N) is 1. The van der Waals surface area contributed by atoms with Crippen LogP contribution in [-0.2, 0) is 27.4 Å². The van der Waals surface area contributed by atoms with Crippen molar-refractivity contribution in [3.8, 4) is 0 Å². The van der Waals surface area contributed by atoms with E-state index < -0.39 is 44.4 Å². The molecule has 3 aromatic rings. The lowest BCUT2D eigenvalue weighted by Gasteiger charge is -2.35. The van der Waals surface area contributed by atoms with Crippen molar-refractivity contribution >= 4 is 44.9 Å². The zero-order valence-electron chi connectivity index (χ0n) is 20.0. The molecule has 0 aliphatic carbocycles. The first-order valence-electron chi connectivity index (χ1n) is 11.4. The molecule has 0 radical (unpaired) electrons. The third kappa shape index (κ3) is 5.71. The fourth-order valence-corrected chi connectivity index (χ4v) is 6.52. The molecule has 0 aromatic heterocycles. The maximum Gasteiger partial charge on any atom is 0.416 e. The lowest BCUT2D eigenvalue weighted by atomic mass is 9.90. The summed E-state index contributed by atoms with van der Waals surface area (Å²) in [5.41, 5.74) is 0.944. The van der Waals surface area contributed by atoms with Gasteiger partial charge in [-0.15, -0.1) is 0 Å². The minimum absolute atomic E-state index is 0.211. The SMILES string of the molecule is C/C(=C\c1ccc2c(c1)CC(CC(=O)O)CN2S(=O)(=O)c1cccc(C(F)(F)F)c1)c1c(F)cccc1Cl. The number of sulfonamides is 1. The Balaban J connectivity index is 1.78. The first-order chi connectivity index (χ1) is 17.8. The van der Waals surface area contributed by atoms with E-state index in [4.69, 9.17) is 11.6 Å². The third-order valence-electron chi connectivity index (χ3n) is 6.26. The Labute approximate surface area is 222 Å². The van der Waals surface area contributed by atoms with Crippen LogP contribution in [-0.4, -0.2) is 26.0 Å². The van der Waals surface area contributed by atoms with Crippen molar-refractivity contribution in [1.29, 1.82) is 0 Å². The Bertz CT molecular complexity index is 1520. The summed E-state index contributed by atoms with van der Waals surface area (Å²) in [7, 11) is -4.46. The summed E-state index contributed by atoms with van der Waals surface area (Å²) in [6, 6.07) is 12.5. The second kappa shape index (κ2) is 10.4. The predicted molar refractivity (Wildman–Crippen MR) is 137 cm³/mol. The number of halogens is 5. The number of alkyl halides is 3. The van der Waals surface area contributed by atoms with E-state index in [0.29, 0.717) is 22.8 Å². The van der Waals surface area contributed by atoms with E-state index in [1.807, 2.05) is 0 Å². The number of benzene rings is 3. The topological polar surface area (TPSA) is 74.7 Å². The van der Waals surface area contributed by atoms with Gasteiger partial charge in [0.15, 0.2) is 0 Å². The van der Waals surface area contributed by atoms with Crippen LogP contribution in [0, 0.1) is 11.7 Å². The highest BCUT2D eigenvalue weighted by atomic mass is 35.5. The number of rotatable bonds is 6. The van der Waals surface area contributed by atoms with Crippen LogP contribution in [0.15, 0.2) is 65.6 Å². The first kappa shape index (κ1) is 27.7. The van der Waals surface area contributed by atoms with Gasteiger partial charge < -0.3 is 5.11 Å². The number of hydrogen-bond donors (Lipinski definition) is 1. The summed E-state index contributed by atoms with van der Waals surface area (Å²) in [6.45, 7) is 1.46. The van der Waals surface area contributed by atoms with E-state index in [-0.39, 0.29) is 35.7 Å². The van der Waals surface area contributed by atoms with Crippen molar-refractivity contribution in [2.75, 3.05) is 10.8 Å². The van der Waals surface area contributed by atoms with Gasteiger partial charge in [0.1, 0.15) is 5.82 Å². The maximum absolute atomic E-state index is 14.4. The van der Waals surface area contributed by atoms with Crippen LogP contribution in [0.25, 0.3) is 11.6 Å². The molecule has 1 heterocycles. The van der Waals surface area contributed by atoms with Crippen molar-refractivity contribution in [1.82, 2.24) is 0 Å². The number of aliphatic carboxylic acids is 1. The Morgan fingerprint density at radius 1 is 1.13 bits per heavy atom. The van der Waals surface area contributed by atoms with Crippen LogP contribution in [0.2, 0.25) is 5.02 Å². The molecule has 200 valence electrons. The second-order valence-electron chi connectivity index (χ2n) is 9.04. The van der Waals surface area contributed by atoms with Crippen LogP contribution in [0.5, 0.6) is 0 Å². The number of carboxylic acids is 1. The molecule has 1 aliphatic rings. The summed E-state index contributed by atoms with van der Waals surface area (Å²) in [6.07, 6.45) is -3.18. The summed E-state index contributed by atoms with van der Waals surface area (Å²) >= 11 is 6.16. The molecule has 0 saturated carbocycles. The lowest BCUT2D eigenvalue weighted by Crippen LogP contribution is -2.40. The normalized spacial score (nSPS) is 16.3. The van der Waals surface area contributed by atoms with E-state index in [9.17, 15) is 35.9 Å². The van der Waals surface area contributed by atoms with Gasteiger partial charge in [-0.3, -0.25) is 9.10 Å². The number of fused-ring (bicyclic) bond motifs is 1. The standard InChI is InChI=1S/C27H22ClF4NO4S/c1-16(26-22(28)6-3-7-23(26)29)10-17-8-9-24-19(11-17)12-18(13-25(34)35)15-33(24)38(36,37)21-5-2-4-20(14-21)27(30,31)32/h2-11,14,18H,12-13,15H2,1H3,(H,34,35)/b16-10+. The van der Waals surface area contributed by atoms with Crippen molar-refractivity contribution in [2.45, 2.75) is 30.8 Å². The van der Waals surface area contributed by atoms with E-state index in [2.05, 4.69) is 0 Å². The highest BCUT2D eigenvalue weighted by Gasteiger charge is 2.36. The molecule has 0 saturated heterocycles. The van der Waals surface area contributed by atoms with Gasteiger partial charge in [-0.25, -0.2) is 12.8 Å². The fourth-order valence-electron chi connectivity index (χ4n) is 4.58. The van der Waals surface area contributed by atoms with E-state index in [1.165, 1.54) is 18.2 Å². The van der Waals surface area contributed by atoms with Gasteiger partial charge in [0.05, 0.1) is 27.6 Å². The minimum Gasteiger partial charge on any atom is -0.481 e. The quantitative estimate of drug-likeness (QED) is 0.260. The molecule has 1 atom stereocenters. The van der Waals surface area contributed by atoms with Crippen molar-refractivity contribution < 1.29 is 35.9 Å². The van der Waals surface area contributed by atoms with Crippen LogP contribution in [0.3, 0.4) is 0 Å². The van der Waals surface area contributed by atoms with Gasteiger partial charge in [0.25, 0.3) is 10.0 Å². The summed E-state index contributed by atoms with van der Waals surface area (Å²) < 4.78 is 82.1. The molecular formula is C27H22ClF4NO4S. The van der Waals surface area contributed by atoms with Gasteiger partial charge in [-0.2, -0.15) is 13.2 Å². The molecule has 3 aromatic carbocycles. The smallest absolute Gasteiger partial charge is 0.416 e. The molecule has 11 heteroatoms.